The summed E-state index contributed by atoms with van der Waals surface area (Å²) in [5.74, 6) is -2.45. The average Bonchev–Trinajstić information content (AvgIpc) is 3.58. The lowest BCUT2D eigenvalue weighted by Gasteiger charge is -2.25. The number of ether oxygens (including phenoxy) is 4. The number of benzene rings is 2. The Balaban J connectivity index is 1.05. The van der Waals surface area contributed by atoms with Crippen molar-refractivity contribution in [3.8, 4) is 11.4 Å². The van der Waals surface area contributed by atoms with Crippen LogP contribution in [0.1, 0.15) is 68.0 Å². The minimum absolute atomic E-state index is 0.0453. The summed E-state index contributed by atoms with van der Waals surface area (Å²) < 4.78 is 37.2. The number of fused-ring (bicyclic) bond motifs is 5. The third-order valence-corrected chi connectivity index (χ3v) is 11.6. The van der Waals surface area contributed by atoms with Gasteiger partial charge in [0, 0.05) is 58.3 Å². The Labute approximate surface area is 360 Å². The molecule has 1 unspecified atom stereocenters. The summed E-state index contributed by atoms with van der Waals surface area (Å²) in [6.07, 6.45) is -0.207. The number of nitrogens with one attached hydrogen (secondary N) is 3. The SMILES string of the molecule is CC(C)N(CCc1c2c(nc3ccccc13)-c1cc3c(c(=O)n1C2)COC(=O)[C@H]3OC(=O)OCc1ccc(NC(=O)CNC(=O)COCC(=O)NC(C)(C)CCO)cc1)[S+](C)[O-]. The molecule has 4 heterocycles. The number of aliphatic hydroxyl groups excluding tert-OH is 1. The van der Waals surface area contributed by atoms with E-state index >= 15 is 0 Å². The van der Waals surface area contributed by atoms with Crippen molar-refractivity contribution in [2.24, 2.45) is 0 Å². The van der Waals surface area contributed by atoms with Gasteiger partial charge in [0.25, 0.3) is 5.56 Å². The van der Waals surface area contributed by atoms with Gasteiger partial charge < -0.3 is 49.1 Å². The standard InChI is InChI=1S/C43H50N6O12S/c1-25(2)49(62(5)57)16-14-28-29-8-6-7-9-33(29)46-38-31(28)20-48-34(38)18-30-32(40(48)54)22-59-41(55)39(30)61-42(56)60-21-26-10-12-27(13-11-26)45-35(51)19-44-36(52)23-58-24-37(53)47-43(3,4)15-17-50/h6-13,18,25,39,50H,14-17,19-24H2,1-5H3,(H,44,52)(H,45,51)(H,47,53)/t39-,62?/m0/s1. The number of aromatic nitrogens is 2. The molecule has 330 valence electrons. The molecule has 0 radical (unpaired) electrons. The molecular weight excluding hydrogens is 825 g/mol. The van der Waals surface area contributed by atoms with E-state index in [1.165, 1.54) is 0 Å². The molecule has 0 spiro atoms. The molecule has 2 atom stereocenters. The van der Waals surface area contributed by atoms with E-state index in [2.05, 4.69) is 16.0 Å². The van der Waals surface area contributed by atoms with Crippen LogP contribution in [0.25, 0.3) is 22.3 Å². The molecule has 4 aromatic rings. The van der Waals surface area contributed by atoms with Gasteiger partial charge in [-0.25, -0.2) is 14.6 Å². The smallest absolute Gasteiger partial charge is 0.509 e. The zero-order valence-corrected chi connectivity index (χ0v) is 35.9. The van der Waals surface area contributed by atoms with Crippen LogP contribution in [-0.2, 0) is 75.7 Å². The number of carbonyl (C=O) groups is 5. The number of rotatable bonds is 18. The predicted molar refractivity (Wildman–Crippen MR) is 227 cm³/mol. The van der Waals surface area contributed by atoms with Crippen LogP contribution in [0.15, 0.2) is 59.4 Å². The Bertz CT molecular complexity index is 2390. The molecule has 0 fully saturated rings. The number of nitrogens with zero attached hydrogens (tertiary/aromatic N) is 3. The van der Waals surface area contributed by atoms with Gasteiger partial charge in [-0.3, -0.25) is 19.2 Å². The zero-order chi connectivity index (χ0) is 44.7. The van der Waals surface area contributed by atoms with E-state index in [9.17, 15) is 33.3 Å². The van der Waals surface area contributed by atoms with E-state index in [1.54, 1.807) is 55.0 Å². The van der Waals surface area contributed by atoms with E-state index in [1.807, 2.05) is 42.4 Å². The Hall–Kier alpha value is -5.86. The molecule has 0 aliphatic carbocycles. The number of carbonyl (C=O) groups excluding carboxylic acids is 5. The second-order valence-corrected chi connectivity index (χ2v) is 17.1. The maximum Gasteiger partial charge on any atom is 0.509 e. The summed E-state index contributed by atoms with van der Waals surface area (Å²) in [5.41, 5.74) is 3.79. The van der Waals surface area contributed by atoms with Crippen molar-refractivity contribution in [2.45, 2.75) is 78.0 Å². The summed E-state index contributed by atoms with van der Waals surface area (Å²) in [4.78, 5) is 81.5. The summed E-state index contributed by atoms with van der Waals surface area (Å²) in [5, 5.41) is 17.7. The molecule has 6 rings (SSSR count). The summed E-state index contributed by atoms with van der Waals surface area (Å²) in [7, 11) is 0. The number of hydrogen-bond acceptors (Lipinski definition) is 14. The zero-order valence-electron chi connectivity index (χ0n) is 35.1. The Morgan fingerprint density at radius 3 is 2.48 bits per heavy atom. The van der Waals surface area contributed by atoms with Gasteiger partial charge in [0.05, 0.1) is 35.6 Å². The van der Waals surface area contributed by atoms with Gasteiger partial charge in [-0.15, -0.1) is 4.31 Å². The number of amides is 3. The van der Waals surface area contributed by atoms with Crippen LogP contribution in [0, 0.1) is 0 Å². The van der Waals surface area contributed by atoms with Crippen LogP contribution in [0.4, 0.5) is 10.5 Å². The van der Waals surface area contributed by atoms with E-state index in [-0.39, 0.29) is 56.7 Å². The average molecular weight is 875 g/mol. The summed E-state index contributed by atoms with van der Waals surface area (Å²) >= 11 is -1.19. The minimum atomic E-state index is -1.58. The molecule has 62 heavy (non-hydrogen) atoms. The first-order valence-corrected chi connectivity index (χ1v) is 21.5. The molecule has 18 nitrogen and oxygen atoms in total. The van der Waals surface area contributed by atoms with Crippen molar-refractivity contribution in [3.05, 3.63) is 92.8 Å². The molecule has 2 aromatic heterocycles. The highest BCUT2D eigenvalue weighted by molar-refractivity contribution is 7.88. The van der Waals surface area contributed by atoms with E-state index < -0.39 is 65.0 Å². The number of pyridine rings is 2. The van der Waals surface area contributed by atoms with Crippen LogP contribution in [0.3, 0.4) is 0 Å². The van der Waals surface area contributed by atoms with Gasteiger partial charge in [0.15, 0.2) is 0 Å². The highest BCUT2D eigenvalue weighted by Gasteiger charge is 2.38. The fourth-order valence-electron chi connectivity index (χ4n) is 7.33. The second kappa shape index (κ2) is 19.9. The van der Waals surface area contributed by atoms with Crippen molar-refractivity contribution in [2.75, 3.05) is 44.5 Å². The molecule has 3 amide bonds. The fraction of sp³-hybridized carbons (Fsp3) is 0.419. The summed E-state index contributed by atoms with van der Waals surface area (Å²) in [6, 6.07) is 15.6. The third-order valence-electron chi connectivity index (χ3n) is 10.4. The van der Waals surface area contributed by atoms with Crippen molar-refractivity contribution in [3.63, 3.8) is 0 Å². The first kappa shape index (κ1) is 45.7. The maximum absolute atomic E-state index is 14.0. The fourth-order valence-corrected chi connectivity index (χ4v) is 8.28. The first-order chi connectivity index (χ1) is 29.5. The molecule has 2 aliphatic rings. The van der Waals surface area contributed by atoms with Gasteiger partial charge in [-0.05, 0) is 75.9 Å². The monoisotopic (exact) mass is 874 g/mol. The molecule has 19 heteroatoms. The number of hydrogen-bond donors (Lipinski definition) is 4. The van der Waals surface area contributed by atoms with Crippen molar-refractivity contribution in [1.82, 2.24) is 24.5 Å². The van der Waals surface area contributed by atoms with Gasteiger partial charge >= 0.3 is 12.1 Å². The van der Waals surface area contributed by atoms with E-state index in [0.29, 0.717) is 47.5 Å². The van der Waals surface area contributed by atoms with Crippen molar-refractivity contribution >= 4 is 57.8 Å². The van der Waals surface area contributed by atoms with Crippen LogP contribution in [0.2, 0.25) is 0 Å². The van der Waals surface area contributed by atoms with Crippen LogP contribution in [-0.4, -0.2) is 104 Å². The number of esters is 1. The highest BCUT2D eigenvalue weighted by atomic mass is 32.2. The summed E-state index contributed by atoms with van der Waals surface area (Å²) in [6.45, 7) is 6.37. The number of cyclic esters (lactones) is 1. The van der Waals surface area contributed by atoms with Gasteiger partial charge in [-0.2, -0.15) is 0 Å². The lowest BCUT2D eigenvalue weighted by Crippen LogP contribution is -2.46. The van der Waals surface area contributed by atoms with Crippen LogP contribution in [0.5, 0.6) is 0 Å². The lowest BCUT2D eigenvalue weighted by molar-refractivity contribution is -0.159. The van der Waals surface area contributed by atoms with E-state index in [0.717, 1.165) is 16.5 Å². The second-order valence-electron chi connectivity index (χ2n) is 15.8. The number of anilines is 1. The molecule has 0 bridgehead atoms. The molecule has 0 saturated carbocycles. The van der Waals surface area contributed by atoms with Gasteiger partial charge in [0.1, 0.15) is 32.7 Å². The number of aliphatic hydroxyl groups is 1. The molecule has 4 N–H and O–H groups in total. The maximum atomic E-state index is 14.0. The largest absolute Gasteiger partial charge is 0.598 e. The van der Waals surface area contributed by atoms with Crippen molar-refractivity contribution in [1.29, 1.82) is 0 Å². The molecule has 2 aromatic carbocycles. The number of para-hydroxylation sites is 1. The minimum Gasteiger partial charge on any atom is -0.598 e. The molecule has 0 saturated heterocycles. The Morgan fingerprint density at radius 1 is 1.05 bits per heavy atom. The van der Waals surface area contributed by atoms with Crippen LogP contribution < -0.4 is 21.5 Å². The first-order valence-electron chi connectivity index (χ1n) is 20.0. The lowest BCUT2D eigenvalue weighted by atomic mass is 9.97. The Morgan fingerprint density at radius 2 is 1.77 bits per heavy atom. The van der Waals surface area contributed by atoms with Crippen molar-refractivity contribution < 1.29 is 52.6 Å². The normalized spacial score (nSPS) is 14.7. The van der Waals surface area contributed by atoms with E-state index in [4.69, 9.17) is 29.0 Å². The third kappa shape index (κ3) is 11.0. The topological polar surface area (TPSA) is 240 Å². The highest BCUT2D eigenvalue weighted by Crippen LogP contribution is 2.39. The van der Waals surface area contributed by atoms with Gasteiger partial charge in [-0.1, -0.05) is 30.3 Å². The predicted octanol–water partition coefficient (Wildman–Crippen LogP) is 2.77. The molecule has 2 aliphatic heterocycles. The Kier molecular flexibility index (Phi) is 14.6. The molecular formula is C43H50N6O12S. The quantitative estimate of drug-likeness (QED) is 0.0732. The van der Waals surface area contributed by atoms with Crippen LogP contribution >= 0.6 is 0 Å². The van der Waals surface area contributed by atoms with Gasteiger partial charge in [0.2, 0.25) is 23.8 Å².